The number of aliphatic imine (C=N–C) groups is 1. The summed E-state index contributed by atoms with van der Waals surface area (Å²) in [7, 11) is 0. The molecule has 0 bridgehead atoms. The largest absolute Gasteiger partial charge is 0.357 e. The molecule has 0 saturated carbocycles. The molecule has 8 heteroatoms. The molecule has 0 amide bonds. The molecule has 4 rings (SSSR count). The maximum absolute atomic E-state index is 4.79. The van der Waals surface area contributed by atoms with Crippen LogP contribution in [0.2, 0.25) is 0 Å². The summed E-state index contributed by atoms with van der Waals surface area (Å²) in [5.74, 6) is 2.64. The van der Waals surface area contributed by atoms with Crippen LogP contribution in [0.15, 0.2) is 53.2 Å². The number of aromatic nitrogens is 3. The minimum Gasteiger partial charge on any atom is -0.357 e. The van der Waals surface area contributed by atoms with Crippen LogP contribution in [0.1, 0.15) is 42.1 Å². The lowest BCUT2D eigenvalue weighted by Gasteiger charge is -2.27. The van der Waals surface area contributed by atoms with E-state index in [0.717, 1.165) is 36.3 Å². The van der Waals surface area contributed by atoms with Crippen LogP contribution in [0, 0.1) is 6.92 Å². The lowest BCUT2D eigenvalue weighted by atomic mass is 10.2. The minimum absolute atomic E-state index is 0.394. The van der Waals surface area contributed by atoms with Gasteiger partial charge in [-0.2, -0.15) is 0 Å². The van der Waals surface area contributed by atoms with Gasteiger partial charge in [-0.05, 0) is 62.9 Å². The fraction of sp³-hybridized carbons (Fsp3) is 0.435. The Labute approximate surface area is 188 Å². The van der Waals surface area contributed by atoms with Gasteiger partial charge in [0.15, 0.2) is 5.96 Å². The van der Waals surface area contributed by atoms with Crippen LogP contribution in [0.25, 0.3) is 5.82 Å². The van der Waals surface area contributed by atoms with E-state index < -0.39 is 0 Å². The van der Waals surface area contributed by atoms with Gasteiger partial charge in [-0.1, -0.05) is 12.1 Å². The summed E-state index contributed by atoms with van der Waals surface area (Å²) in [4.78, 5) is 17.6. The van der Waals surface area contributed by atoms with Crippen molar-refractivity contribution in [3.8, 4) is 5.82 Å². The Morgan fingerprint density at radius 2 is 2.06 bits per heavy atom. The highest BCUT2D eigenvalue weighted by molar-refractivity contribution is 7.10. The van der Waals surface area contributed by atoms with Crippen LogP contribution in [0.4, 0.5) is 0 Å². The van der Waals surface area contributed by atoms with Crippen molar-refractivity contribution in [2.75, 3.05) is 26.2 Å². The number of pyridine rings is 1. The number of hydrogen-bond donors (Lipinski definition) is 2. The summed E-state index contributed by atoms with van der Waals surface area (Å²) in [6, 6.07) is 8.87. The molecule has 0 aromatic carbocycles. The quantitative estimate of drug-likeness (QED) is 0.417. The Morgan fingerprint density at radius 1 is 1.19 bits per heavy atom. The van der Waals surface area contributed by atoms with Gasteiger partial charge in [0.2, 0.25) is 0 Å². The van der Waals surface area contributed by atoms with E-state index in [1.165, 1.54) is 30.8 Å². The number of nitrogens with zero attached hydrogens (tertiary/aromatic N) is 5. The lowest BCUT2D eigenvalue weighted by Crippen LogP contribution is -2.42. The molecule has 0 radical (unpaired) electrons. The first-order chi connectivity index (χ1) is 15.2. The second-order valence-corrected chi connectivity index (χ2v) is 8.70. The summed E-state index contributed by atoms with van der Waals surface area (Å²) in [6.07, 6.45) is 8.18. The Bertz CT molecular complexity index is 956. The molecule has 164 valence electrons. The Balaban J connectivity index is 1.40. The van der Waals surface area contributed by atoms with Crippen molar-refractivity contribution in [3.05, 3.63) is 64.5 Å². The molecule has 1 atom stereocenters. The summed E-state index contributed by atoms with van der Waals surface area (Å²) in [6.45, 7) is 8.68. The third-order valence-electron chi connectivity index (χ3n) is 5.56. The second kappa shape index (κ2) is 10.5. The molecule has 1 unspecified atom stereocenters. The third kappa shape index (κ3) is 5.51. The highest BCUT2D eigenvalue weighted by atomic mass is 32.1. The number of hydrogen-bond acceptors (Lipinski definition) is 5. The average molecular weight is 438 g/mol. The monoisotopic (exact) mass is 437 g/mol. The molecule has 1 aliphatic rings. The number of likely N-dealkylation sites (tertiary alicyclic amines) is 1. The fourth-order valence-corrected chi connectivity index (χ4v) is 4.78. The first-order valence-corrected chi connectivity index (χ1v) is 11.9. The van der Waals surface area contributed by atoms with Gasteiger partial charge < -0.3 is 10.6 Å². The van der Waals surface area contributed by atoms with E-state index in [1.807, 2.05) is 41.3 Å². The molecule has 3 aromatic heterocycles. The Morgan fingerprint density at radius 3 is 2.71 bits per heavy atom. The highest BCUT2D eigenvalue weighted by Gasteiger charge is 2.24. The van der Waals surface area contributed by atoms with E-state index in [-0.39, 0.29) is 0 Å². The number of imidazole rings is 1. The van der Waals surface area contributed by atoms with Gasteiger partial charge in [-0.15, -0.1) is 11.3 Å². The predicted octanol–water partition coefficient (Wildman–Crippen LogP) is 3.53. The molecule has 4 heterocycles. The standard InChI is InChI=1S/C23H31N7S/c1-3-24-23(28-17-20(21-7-6-14-31-21)29-11-4-5-12-29)27-16-19-8-9-22(26-15-19)30-13-10-25-18(30)2/h6-10,13-15,20H,3-5,11-12,16-17H2,1-2H3,(H2,24,27,28). The maximum Gasteiger partial charge on any atom is 0.191 e. The maximum atomic E-state index is 4.79. The van der Waals surface area contributed by atoms with Gasteiger partial charge in [-0.3, -0.25) is 9.47 Å². The first kappa shape index (κ1) is 21.5. The molecule has 0 aliphatic carbocycles. The van der Waals surface area contributed by atoms with Crippen LogP contribution >= 0.6 is 11.3 Å². The Kier molecular flexibility index (Phi) is 7.32. The predicted molar refractivity (Wildman–Crippen MR) is 127 cm³/mol. The number of aryl methyl sites for hydroxylation is 1. The lowest BCUT2D eigenvalue weighted by molar-refractivity contribution is 0.249. The number of rotatable bonds is 8. The molecule has 1 fully saturated rings. The molecular formula is C23H31N7S. The molecule has 1 aliphatic heterocycles. The smallest absolute Gasteiger partial charge is 0.191 e. The van der Waals surface area contributed by atoms with Crippen LogP contribution in [0.5, 0.6) is 0 Å². The molecule has 7 nitrogen and oxygen atoms in total. The normalized spacial score (nSPS) is 15.9. The summed E-state index contributed by atoms with van der Waals surface area (Å²) >= 11 is 1.84. The zero-order valence-corrected chi connectivity index (χ0v) is 19.1. The van der Waals surface area contributed by atoms with Gasteiger partial charge >= 0.3 is 0 Å². The van der Waals surface area contributed by atoms with Crippen molar-refractivity contribution < 1.29 is 0 Å². The summed E-state index contributed by atoms with van der Waals surface area (Å²) < 4.78 is 1.97. The molecule has 31 heavy (non-hydrogen) atoms. The van der Waals surface area contributed by atoms with Crippen molar-refractivity contribution in [2.24, 2.45) is 4.99 Å². The topological polar surface area (TPSA) is 70.4 Å². The van der Waals surface area contributed by atoms with Gasteiger partial charge in [0.25, 0.3) is 0 Å². The van der Waals surface area contributed by atoms with Gasteiger partial charge in [0, 0.05) is 36.6 Å². The SMILES string of the molecule is CCNC(=NCc1ccc(-n2ccnc2C)nc1)NCC(c1cccs1)N1CCCC1. The average Bonchev–Trinajstić information content (AvgIpc) is 3.56. The minimum atomic E-state index is 0.394. The van der Waals surface area contributed by atoms with E-state index in [4.69, 9.17) is 4.99 Å². The van der Waals surface area contributed by atoms with Crippen molar-refractivity contribution >= 4 is 17.3 Å². The van der Waals surface area contributed by atoms with Gasteiger partial charge in [0.05, 0.1) is 12.6 Å². The van der Waals surface area contributed by atoms with Crippen LogP contribution < -0.4 is 10.6 Å². The zero-order chi connectivity index (χ0) is 21.5. The van der Waals surface area contributed by atoms with Crippen LogP contribution in [-0.4, -0.2) is 51.6 Å². The van der Waals surface area contributed by atoms with Crippen LogP contribution in [-0.2, 0) is 6.54 Å². The number of nitrogens with one attached hydrogen (secondary N) is 2. The number of thiophene rings is 1. The molecular weight excluding hydrogens is 406 g/mol. The summed E-state index contributed by atoms with van der Waals surface area (Å²) in [5, 5.41) is 9.11. The second-order valence-electron chi connectivity index (χ2n) is 7.72. The highest BCUT2D eigenvalue weighted by Crippen LogP contribution is 2.27. The van der Waals surface area contributed by atoms with E-state index in [0.29, 0.717) is 12.6 Å². The molecule has 1 saturated heterocycles. The zero-order valence-electron chi connectivity index (χ0n) is 18.3. The Hall–Kier alpha value is -2.71. The third-order valence-corrected chi connectivity index (χ3v) is 6.54. The van der Waals surface area contributed by atoms with E-state index in [1.54, 1.807) is 6.20 Å². The van der Waals surface area contributed by atoms with Crippen molar-refractivity contribution in [1.29, 1.82) is 0 Å². The summed E-state index contributed by atoms with van der Waals surface area (Å²) in [5.41, 5.74) is 1.08. The molecule has 0 spiro atoms. The van der Waals surface area contributed by atoms with Crippen molar-refractivity contribution in [1.82, 2.24) is 30.1 Å². The first-order valence-electron chi connectivity index (χ1n) is 11.0. The van der Waals surface area contributed by atoms with E-state index in [2.05, 4.69) is 56.0 Å². The number of guanidine groups is 1. The van der Waals surface area contributed by atoms with E-state index >= 15 is 0 Å². The molecule has 2 N–H and O–H groups in total. The molecule has 3 aromatic rings. The van der Waals surface area contributed by atoms with Crippen molar-refractivity contribution in [2.45, 2.75) is 39.3 Å². The van der Waals surface area contributed by atoms with Gasteiger partial charge in [0.1, 0.15) is 11.6 Å². The van der Waals surface area contributed by atoms with Gasteiger partial charge in [-0.25, -0.2) is 15.0 Å². The van der Waals surface area contributed by atoms with E-state index in [9.17, 15) is 0 Å². The van der Waals surface area contributed by atoms with Crippen LogP contribution in [0.3, 0.4) is 0 Å². The fourth-order valence-electron chi connectivity index (χ4n) is 3.92. The van der Waals surface area contributed by atoms with Crippen molar-refractivity contribution in [3.63, 3.8) is 0 Å².